The van der Waals surface area contributed by atoms with E-state index < -0.39 is 0 Å². The van der Waals surface area contributed by atoms with Crippen LogP contribution in [-0.4, -0.2) is 25.0 Å². The van der Waals surface area contributed by atoms with Gasteiger partial charge in [0.1, 0.15) is 0 Å². The smallest absolute Gasteiger partial charge is 0.0214 e. The summed E-state index contributed by atoms with van der Waals surface area (Å²) in [5, 5.41) is 0. The second-order valence-electron chi connectivity index (χ2n) is 2.99. The molecule has 72 valence electrons. The Morgan fingerprint density at radius 3 is 2.69 bits per heavy atom. The summed E-state index contributed by atoms with van der Waals surface area (Å²) in [6, 6.07) is 0. The van der Waals surface area contributed by atoms with Crippen molar-refractivity contribution in [1.82, 2.24) is 4.90 Å². The minimum absolute atomic E-state index is 0.833. The van der Waals surface area contributed by atoms with Crippen molar-refractivity contribution in [1.29, 1.82) is 0 Å². The first kappa shape index (κ1) is 12.0. The summed E-state index contributed by atoms with van der Waals surface area (Å²) in [5.41, 5.74) is 0. The second-order valence-corrected chi connectivity index (χ2v) is 2.99. The van der Waals surface area contributed by atoms with Crippen LogP contribution in [0.1, 0.15) is 19.8 Å². The number of terminal acetylenes is 1. The zero-order chi connectivity index (χ0) is 9.94. The van der Waals surface area contributed by atoms with E-state index in [-0.39, 0.29) is 0 Å². The number of likely N-dealkylation sites (N-methyl/N-ethyl adjacent to an activating group) is 1. The normalized spacial score (nSPS) is 11.5. The maximum absolute atomic E-state index is 5.17. The maximum atomic E-state index is 5.17. The minimum atomic E-state index is 0.833. The number of rotatable bonds is 6. The van der Waals surface area contributed by atoms with Crippen LogP contribution in [0.25, 0.3) is 0 Å². The number of hydrogen-bond acceptors (Lipinski definition) is 1. The molecule has 0 spiro atoms. The number of nitrogens with zero attached hydrogens (tertiary/aromatic N) is 1. The van der Waals surface area contributed by atoms with Gasteiger partial charge in [0.15, 0.2) is 0 Å². The molecule has 0 radical (unpaired) electrons. The monoisotopic (exact) mass is 177 g/mol. The Morgan fingerprint density at radius 1 is 1.31 bits per heavy atom. The number of hydrogen-bond donors (Lipinski definition) is 0. The van der Waals surface area contributed by atoms with Crippen molar-refractivity contribution < 1.29 is 0 Å². The van der Waals surface area contributed by atoms with Gasteiger partial charge in [0.25, 0.3) is 0 Å². The van der Waals surface area contributed by atoms with Crippen LogP contribution in [-0.2, 0) is 0 Å². The van der Waals surface area contributed by atoms with Gasteiger partial charge in [-0.25, -0.2) is 0 Å². The van der Waals surface area contributed by atoms with E-state index >= 15 is 0 Å². The molecule has 0 saturated heterocycles. The average Bonchev–Trinajstić information content (AvgIpc) is 2.14. The van der Waals surface area contributed by atoms with Gasteiger partial charge in [-0.1, -0.05) is 24.3 Å². The fraction of sp³-hybridized carbons (Fsp3) is 0.500. The summed E-state index contributed by atoms with van der Waals surface area (Å²) in [5.74, 6) is 2.63. The van der Waals surface area contributed by atoms with Crippen LogP contribution in [0.2, 0.25) is 0 Å². The lowest BCUT2D eigenvalue weighted by atomic mass is 10.3. The summed E-state index contributed by atoms with van der Waals surface area (Å²) < 4.78 is 0. The molecule has 0 saturated carbocycles. The standard InChI is InChI=1S/C12H19N/c1-4-6-8-9-10-12-13(3)11-7-5-2/h2,4,6,9-10H,7-8,11-12H2,1,3H3/b6-4+,10-9+. The third-order valence-electron chi connectivity index (χ3n) is 1.73. The highest BCUT2D eigenvalue weighted by molar-refractivity contribution is 4.93. The lowest BCUT2D eigenvalue weighted by Gasteiger charge is -2.11. The highest BCUT2D eigenvalue weighted by atomic mass is 15.1. The molecule has 0 atom stereocenters. The molecule has 0 bridgehead atoms. The van der Waals surface area contributed by atoms with Crippen molar-refractivity contribution in [3.05, 3.63) is 24.3 Å². The lowest BCUT2D eigenvalue weighted by molar-refractivity contribution is 0.380. The molecular weight excluding hydrogens is 158 g/mol. The van der Waals surface area contributed by atoms with Crippen molar-refractivity contribution >= 4 is 0 Å². The Bertz CT molecular complexity index is 196. The van der Waals surface area contributed by atoms with E-state index in [1.54, 1.807) is 0 Å². The molecule has 0 fully saturated rings. The summed E-state index contributed by atoms with van der Waals surface area (Å²) in [7, 11) is 2.08. The molecule has 0 aliphatic rings. The van der Waals surface area contributed by atoms with E-state index in [0.717, 1.165) is 25.9 Å². The summed E-state index contributed by atoms with van der Waals surface area (Å²) in [6.07, 6.45) is 15.6. The van der Waals surface area contributed by atoms with Gasteiger partial charge in [-0.15, -0.1) is 12.3 Å². The van der Waals surface area contributed by atoms with Gasteiger partial charge in [0, 0.05) is 19.5 Å². The summed E-state index contributed by atoms with van der Waals surface area (Å²) in [6.45, 7) is 4.00. The Labute approximate surface area is 82.1 Å². The van der Waals surface area contributed by atoms with Crippen molar-refractivity contribution in [3.8, 4) is 12.3 Å². The Hall–Kier alpha value is -1.00. The van der Waals surface area contributed by atoms with Crippen molar-refractivity contribution in [2.75, 3.05) is 20.1 Å². The van der Waals surface area contributed by atoms with Gasteiger partial charge in [0.2, 0.25) is 0 Å². The topological polar surface area (TPSA) is 3.24 Å². The van der Waals surface area contributed by atoms with Gasteiger partial charge in [-0.05, 0) is 20.4 Å². The first-order valence-corrected chi connectivity index (χ1v) is 4.69. The molecule has 0 N–H and O–H groups in total. The molecule has 1 nitrogen and oxygen atoms in total. The second kappa shape index (κ2) is 9.09. The fourth-order valence-electron chi connectivity index (χ4n) is 0.912. The molecule has 0 aromatic rings. The average molecular weight is 177 g/mol. The third-order valence-corrected chi connectivity index (χ3v) is 1.73. The molecule has 0 aliphatic carbocycles. The predicted molar refractivity (Wildman–Crippen MR) is 59.5 cm³/mol. The van der Waals surface area contributed by atoms with Crippen LogP contribution in [0.4, 0.5) is 0 Å². The molecule has 0 rings (SSSR count). The van der Waals surface area contributed by atoms with Crippen LogP contribution < -0.4 is 0 Å². The highest BCUT2D eigenvalue weighted by Gasteiger charge is 1.91. The van der Waals surface area contributed by atoms with Crippen LogP contribution in [0.3, 0.4) is 0 Å². The van der Waals surface area contributed by atoms with E-state index in [2.05, 4.69) is 42.2 Å². The molecule has 13 heavy (non-hydrogen) atoms. The van der Waals surface area contributed by atoms with Crippen molar-refractivity contribution in [2.24, 2.45) is 0 Å². The van der Waals surface area contributed by atoms with Gasteiger partial charge >= 0.3 is 0 Å². The first-order chi connectivity index (χ1) is 6.31. The largest absolute Gasteiger partial charge is 0.302 e. The van der Waals surface area contributed by atoms with Crippen molar-refractivity contribution in [3.63, 3.8) is 0 Å². The third kappa shape index (κ3) is 8.91. The maximum Gasteiger partial charge on any atom is 0.0214 e. The Kier molecular flexibility index (Phi) is 8.39. The van der Waals surface area contributed by atoms with E-state index in [4.69, 9.17) is 6.42 Å². The van der Waals surface area contributed by atoms with Crippen LogP contribution in [0, 0.1) is 12.3 Å². The molecule has 0 aromatic heterocycles. The van der Waals surface area contributed by atoms with Gasteiger partial charge in [0.05, 0.1) is 0 Å². The quantitative estimate of drug-likeness (QED) is 0.445. The van der Waals surface area contributed by atoms with E-state index in [0.29, 0.717) is 0 Å². The predicted octanol–water partition coefficient (Wildman–Crippen LogP) is 2.46. The zero-order valence-electron chi connectivity index (χ0n) is 8.66. The molecule has 0 aromatic carbocycles. The minimum Gasteiger partial charge on any atom is -0.302 e. The van der Waals surface area contributed by atoms with Crippen LogP contribution in [0.15, 0.2) is 24.3 Å². The van der Waals surface area contributed by atoms with Crippen LogP contribution >= 0.6 is 0 Å². The molecule has 1 heteroatoms. The van der Waals surface area contributed by atoms with E-state index in [1.165, 1.54) is 0 Å². The van der Waals surface area contributed by atoms with E-state index in [1.807, 2.05) is 6.92 Å². The fourth-order valence-corrected chi connectivity index (χ4v) is 0.912. The first-order valence-electron chi connectivity index (χ1n) is 4.69. The Morgan fingerprint density at radius 2 is 2.08 bits per heavy atom. The Balaban J connectivity index is 3.40. The van der Waals surface area contributed by atoms with Crippen LogP contribution in [0.5, 0.6) is 0 Å². The summed E-state index contributed by atoms with van der Waals surface area (Å²) >= 11 is 0. The van der Waals surface area contributed by atoms with Gasteiger partial charge < -0.3 is 4.90 Å². The zero-order valence-corrected chi connectivity index (χ0v) is 8.66. The molecule has 0 unspecified atom stereocenters. The number of allylic oxidation sites excluding steroid dienone is 3. The summed E-state index contributed by atoms with van der Waals surface area (Å²) in [4.78, 5) is 2.21. The molecule has 0 amide bonds. The van der Waals surface area contributed by atoms with E-state index in [9.17, 15) is 0 Å². The molecule has 0 aliphatic heterocycles. The molecular formula is C12H19N. The highest BCUT2D eigenvalue weighted by Crippen LogP contribution is 1.89. The van der Waals surface area contributed by atoms with Gasteiger partial charge in [-0.3, -0.25) is 0 Å². The SMILES string of the molecule is C#CCCN(C)C/C=C/C/C=C/C. The van der Waals surface area contributed by atoms with Crippen molar-refractivity contribution in [2.45, 2.75) is 19.8 Å². The lowest BCUT2D eigenvalue weighted by Crippen LogP contribution is -2.18. The molecule has 0 heterocycles. The van der Waals surface area contributed by atoms with Gasteiger partial charge in [-0.2, -0.15) is 0 Å².